The SMILES string of the molecule is CCCCCCCCCCCCN(CC=C(C)C)CCCCCCCCCCCC.Cl. The quantitative estimate of drug-likeness (QED) is 0.103. The molecule has 2 heteroatoms. The molecule has 0 amide bonds. The lowest BCUT2D eigenvalue weighted by atomic mass is 10.1. The van der Waals surface area contributed by atoms with E-state index in [1.165, 1.54) is 147 Å². The van der Waals surface area contributed by atoms with Crippen LogP contribution in [0.5, 0.6) is 0 Å². The number of hydrogen-bond donors (Lipinski definition) is 0. The standard InChI is InChI=1S/C29H59N.ClH/c1-5-7-9-11-13-15-17-19-21-23-26-30(28-25-29(3)4)27-24-22-20-18-16-14-12-10-8-6-2;/h25H,5-24,26-28H2,1-4H3;1H. The Balaban J connectivity index is 0. The van der Waals surface area contributed by atoms with Gasteiger partial charge in [0.05, 0.1) is 0 Å². The van der Waals surface area contributed by atoms with Gasteiger partial charge in [-0.25, -0.2) is 0 Å². The van der Waals surface area contributed by atoms with Gasteiger partial charge in [0.2, 0.25) is 0 Å². The molecule has 188 valence electrons. The molecule has 0 aromatic rings. The Morgan fingerprint density at radius 1 is 0.484 bits per heavy atom. The van der Waals surface area contributed by atoms with Gasteiger partial charge in [0, 0.05) is 6.54 Å². The first-order valence-electron chi connectivity index (χ1n) is 14.1. The second-order valence-electron chi connectivity index (χ2n) is 9.95. The van der Waals surface area contributed by atoms with Crippen LogP contribution in [0, 0.1) is 0 Å². The van der Waals surface area contributed by atoms with E-state index in [1.54, 1.807) is 0 Å². The molecule has 31 heavy (non-hydrogen) atoms. The molecule has 1 nitrogen and oxygen atoms in total. The van der Waals surface area contributed by atoms with Crippen molar-refractivity contribution < 1.29 is 0 Å². The molecule has 0 rings (SSSR count). The predicted octanol–water partition coefficient (Wildman–Crippen LogP) is 10.5. The third-order valence-corrected chi connectivity index (χ3v) is 6.41. The molecule has 0 saturated carbocycles. The lowest BCUT2D eigenvalue weighted by molar-refractivity contribution is 0.285. The highest BCUT2D eigenvalue weighted by atomic mass is 35.5. The molecule has 0 unspecified atom stereocenters. The summed E-state index contributed by atoms with van der Waals surface area (Å²) in [6, 6.07) is 0. The van der Waals surface area contributed by atoms with Crippen LogP contribution in [-0.2, 0) is 0 Å². The van der Waals surface area contributed by atoms with E-state index in [2.05, 4.69) is 38.7 Å². The zero-order valence-electron chi connectivity index (χ0n) is 22.2. The van der Waals surface area contributed by atoms with E-state index in [9.17, 15) is 0 Å². The Morgan fingerprint density at radius 2 is 0.774 bits per heavy atom. The Labute approximate surface area is 204 Å². The molecular formula is C29H60ClN. The van der Waals surface area contributed by atoms with Crippen molar-refractivity contribution in [3.8, 4) is 0 Å². The third-order valence-electron chi connectivity index (χ3n) is 6.41. The molecule has 0 aromatic heterocycles. The summed E-state index contributed by atoms with van der Waals surface area (Å²) >= 11 is 0. The van der Waals surface area contributed by atoms with Crippen LogP contribution in [0.25, 0.3) is 0 Å². The molecule has 0 aliphatic heterocycles. The largest absolute Gasteiger partial charge is 0.300 e. The lowest BCUT2D eigenvalue weighted by Gasteiger charge is -2.21. The van der Waals surface area contributed by atoms with E-state index in [4.69, 9.17) is 0 Å². The van der Waals surface area contributed by atoms with Gasteiger partial charge in [-0.1, -0.05) is 141 Å². The van der Waals surface area contributed by atoms with E-state index in [0.717, 1.165) is 6.54 Å². The summed E-state index contributed by atoms with van der Waals surface area (Å²) in [6.45, 7) is 12.8. The maximum Gasteiger partial charge on any atom is 0.0165 e. The lowest BCUT2D eigenvalue weighted by Crippen LogP contribution is -2.26. The monoisotopic (exact) mass is 457 g/mol. The summed E-state index contributed by atoms with van der Waals surface area (Å²) in [5, 5.41) is 0. The van der Waals surface area contributed by atoms with Crippen molar-refractivity contribution in [2.75, 3.05) is 19.6 Å². The normalized spacial score (nSPS) is 11.0. The van der Waals surface area contributed by atoms with Gasteiger partial charge >= 0.3 is 0 Å². The zero-order valence-corrected chi connectivity index (χ0v) is 23.0. The van der Waals surface area contributed by atoms with Crippen molar-refractivity contribution >= 4 is 12.4 Å². The number of nitrogens with zero attached hydrogens (tertiary/aromatic N) is 1. The summed E-state index contributed by atoms with van der Waals surface area (Å²) in [4.78, 5) is 2.71. The van der Waals surface area contributed by atoms with Crippen LogP contribution in [0.1, 0.15) is 156 Å². The summed E-state index contributed by atoms with van der Waals surface area (Å²) < 4.78 is 0. The Bertz CT molecular complexity index is 325. The number of hydrogen-bond acceptors (Lipinski definition) is 1. The minimum Gasteiger partial charge on any atom is -0.300 e. The van der Waals surface area contributed by atoms with Gasteiger partial charge in [0.25, 0.3) is 0 Å². The molecule has 0 heterocycles. The fourth-order valence-corrected chi connectivity index (χ4v) is 4.25. The topological polar surface area (TPSA) is 3.24 Å². The molecule has 0 bridgehead atoms. The predicted molar refractivity (Wildman–Crippen MR) is 147 cm³/mol. The molecule has 0 spiro atoms. The van der Waals surface area contributed by atoms with Crippen LogP contribution >= 0.6 is 12.4 Å². The van der Waals surface area contributed by atoms with Crippen LogP contribution in [0.2, 0.25) is 0 Å². The number of rotatable bonds is 24. The van der Waals surface area contributed by atoms with Crippen molar-refractivity contribution in [1.29, 1.82) is 0 Å². The van der Waals surface area contributed by atoms with Crippen LogP contribution in [0.3, 0.4) is 0 Å². The first-order valence-corrected chi connectivity index (χ1v) is 14.1. The first kappa shape index (κ1) is 33.2. The van der Waals surface area contributed by atoms with Crippen molar-refractivity contribution in [3.63, 3.8) is 0 Å². The fourth-order valence-electron chi connectivity index (χ4n) is 4.25. The Morgan fingerprint density at radius 3 is 1.06 bits per heavy atom. The summed E-state index contributed by atoms with van der Waals surface area (Å²) in [5.74, 6) is 0. The second kappa shape index (κ2) is 28.0. The second-order valence-corrected chi connectivity index (χ2v) is 9.95. The maximum absolute atomic E-state index is 2.71. The Hall–Kier alpha value is -0.0100. The molecule has 0 N–H and O–H groups in total. The smallest absolute Gasteiger partial charge is 0.0165 e. The van der Waals surface area contributed by atoms with Crippen LogP contribution in [0.15, 0.2) is 11.6 Å². The van der Waals surface area contributed by atoms with E-state index < -0.39 is 0 Å². The van der Waals surface area contributed by atoms with Gasteiger partial charge in [-0.15, -0.1) is 12.4 Å². The fraction of sp³-hybridized carbons (Fsp3) is 0.931. The molecule has 0 radical (unpaired) electrons. The summed E-state index contributed by atoms with van der Waals surface area (Å²) in [5.41, 5.74) is 1.46. The highest BCUT2D eigenvalue weighted by Crippen LogP contribution is 2.13. The van der Waals surface area contributed by atoms with E-state index in [1.807, 2.05) is 0 Å². The molecule has 0 aliphatic rings. The minimum absolute atomic E-state index is 0. The van der Waals surface area contributed by atoms with E-state index >= 15 is 0 Å². The molecule has 0 aromatic carbocycles. The van der Waals surface area contributed by atoms with Crippen molar-refractivity contribution in [2.45, 2.75) is 156 Å². The average molecular weight is 458 g/mol. The zero-order chi connectivity index (χ0) is 22.1. The Kier molecular flexibility index (Phi) is 30.0. The van der Waals surface area contributed by atoms with Crippen LogP contribution in [0.4, 0.5) is 0 Å². The van der Waals surface area contributed by atoms with Gasteiger partial charge in [-0.05, 0) is 39.8 Å². The van der Waals surface area contributed by atoms with Crippen LogP contribution in [-0.4, -0.2) is 24.5 Å². The van der Waals surface area contributed by atoms with Crippen molar-refractivity contribution in [3.05, 3.63) is 11.6 Å². The third kappa shape index (κ3) is 28.0. The molecule has 0 aliphatic carbocycles. The molecule has 0 atom stereocenters. The van der Waals surface area contributed by atoms with Crippen molar-refractivity contribution in [2.24, 2.45) is 0 Å². The molecule has 0 fully saturated rings. The summed E-state index contributed by atoms with van der Waals surface area (Å²) in [6.07, 6.45) is 31.1. The van der Waals surface area contributed by atoms with Gasteiger partial charge in [-0.3, -0.25) is 4.90 Å². The first-order chi connectivity index (χ1) is 14.7. The average Bonchev–Trinajstić information content (AvgIpc) is 2.73. The number of halogens is 1. The minimum atomic E-state index is 0. The van der Waals surface area contributed by atoms with Crippen LogP contribution < -0.4 is 0 Å². The number of unbranched alkanes of at least 4 members (excludes halogenated alkanes) is 18. The van der Waals surface area contributed by atoms with Gasteiger partial charge in [0.15, 0.2) is 0 Å². The summed E-state index contributed by atoms with van der Waals surface area (Å²) in [7, 11) is 0. The van der Waals surface area contributed by atoms with Crippen molar-refractivity contribution in [1.82, 2.24) is 4.90 Å². The highest BCUT2D eigenvalue weighted by Gasteiger charge is 2.03. The number of allylic oxidation sites excluding steroid dienone is 1. The van der Waals surface area contributed by atoms with Gasteiger partial charge in [-0.2, -0.15) is 0 Å². The van der Waals surface area contributed by atoms with Gasteiger partial charge in [0.1, 0.15) is 0 Å². The van der Waals surface area contributed by atoms with E-state index in [0.29, 0.717) is 0 Å². The van der Waals surface area contributed by atoms with Gasteiger partial charge < -0.3 is 0 Å². The van der Waals surface area contributed by atoms with E-state index in [-0.39, 0.29) is 12.4 Å². The maximum atomic E-state index is 2.71. The molecular weight excluding hydrogens is 398 g/mol. The highest BCUT2D eigenvalue weighted by molar-refractivity contribution is 5.85. The molecule has 0 saturated heterocycles.